The number of hydrogen-bond donors (Lipinski definition) is 1. The quantitative estimate of drug-likeness (QED) is 0.641. The van der Waals surface area contributed by atoms with Crippen molar-refractivity contribution in [1.29, 1.82) is 0 Å². The molecular formula is C15H24FNO. The van der Waals surface area contributed by atoms with Crippen LogP contribution in [0.1, 0.15) is 39.0 Å². The molecule has 0 atom stereocenters. The van der Waals surface area contributed by atoms with E-state index in [4.69, 9.17) is 4.74 Å². The summed E-state index contributed by atoms with van der Waals surface area (Å²) in [6.07, 6.45) is 5.91. The van der Waals surface area contributed by atoms with Crippen molar-refractivity contribution in [3.63, 3.8) is 0 Å². The van der Waals surface area contributed by atoms with E-state index in [1.165, 1.54) is 37.8 Å². The van der Waals surface area contributed by atoms with E-state index in [1.807, 2.05) is 0 Å². The highest BCUT2D eigenvalue weighted by molar-refractivity contribution is 5.21. The van der Waals surface area contributed by atoms with Gasteiger partial charge in [-0.1, -0.05) is 13.3 Å². The zero-order valence-electron chi connectivity index (χ0n) is 11.3. The standard InChI is InChI=1S/C15H24FNO/c1-2-3-11-17-12-5-4-6-13-18-15-9-7-14(16)8-10-15/h7-10,17H,2-6,11-13H2,1H3. The third kappa shape index (κ3) is 7.28. The van der Waals surface area contributed by atoms with Crippen molar-refractivity contribution in [3.05, 3.63) is 30.1 Å². The summed E-state index contributed by atoms with van der Waals surface area (Å²) < 4.78 is 18.2. The van der Waals surface area contributed by atoms with E-state index in [1.54, 1.807) is 12.1 Å². The minimum Gasteiger partial charge on any atom is -0.494 e. The lowest BCUT2D eigenvalue weighted by molar-refractivity contribution is 0.304. The Morgan fingerprint density at radius 1 is 1.00 bits per heavy atom. The zero-order chi connectivity index (χ0) is 13.1. The van der Waals surface area contributed by atoms with Gasteiger partial charge in [-0.3, -0.25) is 0 Å². The van der Waals surface area contributed by atoms with Crippen LogP contribution >= 0.6 is 0 Å². The number of nitrogens with one attached hydrogen (secondary N) is 1. The number of unbranched alkanes of at least 4 members (excludes halogenated alkanes) is 3. The highest BCUT2D eigenvalue weighted by Gasteiger charge is 1.95. The molecule has 0 saturated heterocycles. The number of ether oxygens (including phenoxy) is 1. The third-order valence-electron chi connectivity index (χ3n) is 2.79. The van der Waals surface area contributed by atoms with Crippen LogP contribution in [0.25, 0.3) is 0 Å². The fraction of sp³-hybridized carbons (Fsp3) is 0.600. The van der Waals surface area contributed by atoms with Gasteiger partial charge in [0.1, 0.15) is 11.6 Å². The predicted octanol–water partition coefficient (Wildman–Crippen LogP) is 3.76. The molecule has 18 heavy (non-hydrogen) atoms. The summed E-state index contributed by atoms with van der Waals surface area (Å²) in [5.41, 5.74) is 0. The van der Waals surface area contributed by atoms with E-state index >= 15 is 0 Å². The molecule has 0 saturated carbocycles. The van der Waals surface area contributed by atoms with Gasteiger partial charge in [-0.05, 0) is 63.0 Å². The number of hydrogen-bond acceptors (Lipinski definition) is 2. The molecule has 0 bridgehead atoms. The monoisotopic (exact) mass is 253 g/mol. The molecular weight excluding hydrogens is 229 g/mol. The van der Waals surface area contributed by atoms with Crippen LogP contribution in [0.15, 0.2) is 24.3 Å². The molecule has 0 aliphatic carbocycles. The van der Waals surface area contributed by atoms with E-state index in [9.17, 15) is 4.39 Å². The van der Waals surface area contributed by atoms with Gasteiger partial charge in [0.05, 0.1) is 6.61 Å². The lowest BCUT2D eigenvalue weighted by atomic mass is 10.2. The summed E-state index contributed by atoms with van der Waals surface area (Å²) in [7, 11) is 0. The lowest BCUT2D eigenvalue weighted by Gasteiger charge is -2.06. The van der Waals surface area contributed by atoms with Crippen LogP contribution in [-0.4, -0.2) is 19.7 Å². The summed E-state index contributed by atoms with van der Waals surface area (Å²) in [4.78, 5) is 0. The minimum absolute atomic E-state index is 0.222. The third-order valence-corrected chi connectivity index (χ3v) is 2.79. The van der Waals surface area contributed by atoms with Gasteiger partial charge in [0.15, 0.2) is 0 Å². The normalized spacial score (nSPS) is 10.6. The van der Waals surface area contributed by atoms with E-state index < -0.39 is 0 Å². The van der Waals surface area contributed by atoms with Crippen LogP contribution in [0, 0.1) is 5.82 Å². The maximum absolute atomic E-state index is 12.6. The van der Waals surface area contributed by atoms with Crippen molar-refractivity contribution in [2.24, 2.45) is 0 Å². The molecule has 0 radical (unpaired) electrons. The van der Waals surface area contributed by atoms with Crippen LogP contribution in [0.4, 0.5) is 4.39 Å². The molecule has 0 aliphatic heterocycles. The molecule has 2 nitrogen and oxygen atoms in total. The van der Waals surface area contributed by atoms with Crippen molar-refractivity contribution >= 4 is 0 Å². The molecule has 1 rings (SSSR count). The minimum atomic E-state index is -0.222. The van der Waals surface area contributed by atoms with Gasteiger partial charge >= 0.3 is 0 Å². The Labute approximate surface area is 110 Å². The maximum atomic E-state index is 12.6. The zero-order valence-corrected chi connectivity index (χ0v) is 11.3. The molecule has 0 fully saturated rings. The topological polar surface area (TPSA) is 21.3 Å². The first-order valence-electron chi connectivity index (χ1n) is 6.92. The smallest absolute Gasteiger partial charge is 0.123 e. The van der Waals surface area contributed by atoms with Crippen molar-refractivity contribution in [3.8, 4) is 5.75 Å². The highest BCUT2D eigenvalue weighted by atomic mass is 19.1. The molecule has 0 spiro atoms. The molecule has 102 valence electrons. The second kappa shape index (κ2) is 9.89. The molecule has 0 aliphatic rings. The van der Waals surface area contributed by atoms with Crippen molar-refractivity contribution in [2.75, 3.05) is 19.7 Å². The fourth-order valence-electron chi connectivity index (χ4n) is 1.68. The SMILES string of the molecule is CCCCNCCCCCOc1ccc(F)cc1. The van der Waals surface area contributed by atoms with Gasteiger partial charge in [-0.15, -0.1) is 0 Å². The Hall–Kier alpha value is -1.09. The molecule has 0 aromatic heterocycles. The summed E-state index contributed by atoms with van der Waals surface area (Å²) >= 11 is 0. The lowest BCUT2D eigenvalue weighted by Crippen LogP contribution is -2.16. The molecule has 1 aromatic carbocycles. The summed E-state index contributed by atoms with van der Waals surface area (Å²) in [6, 6.07) is 6.18. The second-order valence-electron chi connectivity index (χ2n) is 4.47. The Kier molecular flexibility index (Phi) is 8.23. The first kappa shape index (κ1) is 15.0. The van der Waals surface area contributed by atoms with Crippen LogP contribution in [0.5, 0.6) is 5.75 Å². The van der Waals surface area contributed by atoms with Crippen LogP contribution in [0.3, 0.4) is 0 Å². The fourth-order valence-corrected chi connectivity index (χ4v) is 1.68. The number of halogens is 1. The predicted molar refractivity (Wildman–Crippen MR) is 73.5 cm³/mol. The Balaban J connectivity index is 1.91. The summed E-state index contributed by atoms with van der Waals surface area (Å²) in [5, 5.41) is 3.42. The Morgan fingerprint density at radius 2 is 1.72 bits per heavy atom. The molecule has 1 aromatic rings. The first-order chi connectivity index (χ1) is 8.83. The van der Waals surface area contributed by atoms with Crippen molar-refractivity contribution in [2.45, 2.75) is 39.0 Å². The second-order valence-corrected chi connectivity index (χ2v) is 4.47. The van der Waals surface area contributed by atoms with E-state index in [0.717, 1.165) is 25.3 Å². The average Bonchev–Trinajstić information content (AvgIpc) is 2.39. The van der Waals surface area contributed by atoms with Crippen LogP contribution in [0.2, 0.25) is 0 Å². The highest BCUT2D eigenvalue weighted by Crippen LogP contribution is 2.11. The van der Waals surface area contributed by atoms with Gasteiger partial charge in [0, 0.05) is 0 Å². The van der Waals surface area contributed by atoms with E-state index in [-0.39, 0.29) is 5.82 Å². The van der Waals surface area contributed by atoms with Gasteiger partial charge in [-0.2, -0.15) is 0 Å². The van der Waals surface area contributed by atoms with Gasteiger partial charge < -0.3 is 10.1 Å². The molecule has 3 heteroatoms. The van der Waals surface area contributed by atoms with E-state index in [2.05, 4.69) is 12.2 Å². The van der Waals surface area contributed by atoms with Gasteiger partial charge in [-0.25, -0.2) is 4.39 Å². The average molecular weight is 253 g/mol. The van der Waals surface area contributed by atoms with E-state index in [0.29, 0.717) is 6.61 Å². The van der Waals surface area contributed by atoms with Crippen LogP contribution < -0.4 is 10.1 Å². The van der Waals surface area contributed by atoms with Crippen LogP contribution in [-0.2, 0) is 0 Å². The van der Waals surface area contributed by atoms with Crippen molar-refractivity contribution in [1.82, 2.24) is 5.32 Å². The Morgan fingerprint density at radius 3 is 2.44 bits per heavy atom. The van der Waals surface area contributed by atoms with Crippen molar-refractivity contribution < 1.29 is 9.13 Å². The largest absolute Gasteiger partial charge is 0.494 e. The van der Waals surface area contributed by atoms with Gasteiger partial charge in [0.2, 0.25) is 0 Å². The summed E-state index contributed by atoms with van der Waals surface area (Å²) in [5.74, 6) is 0.526. The number of benzene rings is 1. The molecule has 1 N–H and O–H groups in total. The van der Waals surface area contributed by atoms with Gasteiger partial charge in [0.25, 0.3) is 0 Å². The number of rotatable bonds is 10. The molecule has 0 amide bonds. The molecule has 0 heterocycles. The molecule has 0 unspecified atom stereocenters. The maximum Gasteiger partial charge on any atom is 0.123 e. The first-order valence-corrected chi connectivity index (χ1v) is 6.92. The summed E-state index contributed by atoms with van der Waals surface area (Å²) in [6.45, 7) is 5.13. The Bertz CT molecular complexity index is 300.